The summed E-state index contributed by atoms with van der Waals surface area (Å²) in [7, 11) is 0. The molecule has 0 spiro atoms. The summed E-state index contributed by atoms with van der Waals surface area (Å²) in [5.74, 6) is 0.338. The standard InChI is InChI=1S/C15H13NO4/c17-15(18)11-19-16-10-12-5-4-8-14(9-12)20-13-6-2-1-3-7-13/h1-10H,11H2,(H,17,18). The third kappa shape index (κ3) is 4.45. The van der Waals surface area contributed by atoms with Gasteiger partial charge in [0.2, 0.25) is 6.61 Å². The molecule has 0 heterocycles. The Morgan fingerprint density at radius 2 is 1.85 bits per heavy atom. The maximum atomic E-state index is 10.2. The Hall–Kier alpha value is -2.82. The van der Waals surface area contributed by atoms with Crippen LogP contribution in [0.25, 0.3) is 0 Å². The molecule has 102 valence electrons. The third-order valence-electron chi connectivity index (χ3n) is 2.30. The number of carbonyl (C=O) groups is 1. The number of hydrogen-bond acceptors (Lipinski definition) is 4. The van der Waals surface area contributed by atoms with Gasteiger partial charge in [0.1, 0.15) is 11.5 Å². The number of aliphatic carboxylic acids is 1. The fourth-order valence-electron chi connectivity index (χ4n) is 1.47. The van der Waals surface area contributed by atoms with Crippen LogP contribution in [0.2, 0.25) is 0 Å². The second-order valence-electron chi connectivity index (χ2n) is 3.89. The van der Waals surface area contributed by atoms with Gasteiger partial charge in [0.05, 0.1) is 6.21 Å². The number of carboxylic acids is 1. The number of rotatable bonds is 6. The van der Waals surface area contributed by atoms with Gasteiger partial charge >= 0.3 is 5.97 Å². The summed E-state index contributed by atoms with van der Waals surface area (Å²) in [4.78, 5) is 14.8. The highest BCUT2D eigenvalue weighted by Crippen LogP contribution is 2.21. The molecule has 0 radical (unpaired) electrons. The second kappa shape index (κ2) is 6.94. The molecule has 1 N–H and O–H groups in total. The molecule has 2 aromatic rings. The largest absolute Gasteiger partial charge is 0.479 e. The monoisotopic (exact) mass is 271 g/mol. The Morgan fingerprint density at radius 3 is 2.60 bits per heavy atom. The van der Waals surface area contributed by atoms with Gasteiger partial charge in [-0.2, -0.15) is 0 Å². The number of nitrogens with zero attached hydrogens (tertiary/aromatic N) is 1. The van der Waals surface area contributed by atoms with E-state index < -0.39 is 12.6 Å². The van der Waals surface area contributed by atoms with E-state index in [2.05, 4.69) is 9.99 Å². The molecule has 20 heavy (non-hydrogen) atoms. The van der Waals surface area contributed by atoms with E-state index in [0.717, 1.165) is 11.3 Å². The van der Waals surface area contributed by atoms with Crippen molar-refractivity contribution in [2.75, 3.05) is 6.61 Å². The Bertz CT molecular complexity index is 596. The van der Waals surface area contributed by atoms with Crippen LogP contribution in [0.1, 0.15) is 5.56 Å². The van der Waals surface area contributed by atoms with Crippen molar-refractivity contribution in [3.63, 3.8) is 0 Å². The number of oxime groups is 1. The third-order valence-corrected chi connectivity index (χ3v) is 2.30. The van der Waals surface area contributed by atoms with Gasteiger partial charge in [-0.15, -0.1) is 0 Å². The van der Waals surface area contributed by atoms with Crippen molar-refractivity contribution in [3.05, 3.63) is 60.2 Å². The van der Waals surface area contributed by atoms with Crippen molar-refractivity contribution in [1.29, 1.82) is 0 Å². The quantitative estimate of drug-likeness (QED) is 0.648. The van der Waals surface area contributed by atoms with Crippen molar-refractivity contribution >= 4 is 12.2 Å². The van der Waals surface area contributed by atoms with E-state index in [4.69, 9.17) is 9.84 Å². The topological polar surface area (TPSA) is 68.1 Å². The normalized spacial score (nSPS) is 10.4. The van der Waals surface area contributed by atoms with Crippen molar-refractivity contribution < 1.29 is 19.5 Å². The molecule has 2 rings (SSSR count). The van der Waals surface area contributed by atoms with Crippen molar-refractivity contribution in [2.45, 2.75) is 0 Å². The van der Waals surface area contributed by atoms with E-state index in [1.54, 1.807) is 6.07 Å². The molecule has 5 nitrogen and oxygen atoms in total. The molecule has 5 heteroatoms. The van der Waals surface area contributed by atoms with Gasteiger partial charge in [0.15, 0.2) is 0 Å². The Kier molecular flexibility index (Phi) is 4.72. The minimum Gasteiger partial charge on any atom is -0.479 e. The van der Waals surface area contributed by atoms with E-state index in [9.17, 15) is 4.79 Å². The predicted molar refractivity (Wildman–Crippen MR) is 74.1 cm³/mol. The zero-order valence-electron chi connectivity index (χ0n) is 10.6. The molecule has 0 aliphatic rings. The summed E-state index contributed by atoms with van der Waals surface area (Å²) in [6.07, 6.45) is 1.43. The zero-order valence-corrected chi connectivity index (χ0v) is 10.6. The van der Waals surface area contributed by atoms with Gasteiger partial charge < -0.3 is 14.7 Å². The summed E-state index contributed by atoms with van der Waals surface area (Å²) in [5, 5.41) is 12.0. The van der Waals surface area contributed by atoms with Gasteiger partial charge in [0.25, 0.3) is 0 Å². The first-order chi connectivity index (χ1) is 9.74. The molecule has 0 atom stereocenters. The van der Waals surface area contributed by atoms with Crippen LogP contribution >= 0.6 is 0 Å². The molecule has 0 aliphatic heterocycles. The van der Waals surface area contributed by atoms with E-state index in [0.29, 0.717) is 5.75 Å². The van der Waals surface area contributed by atoms with Gasteiger partial charge in [0, 0.05) is 0 Å². The first kappa shape index (κ1) is 13.6. The Balaban J connectivity index is 1.99. The van der Waals surface area contributed by atoms with E-state index >= 15 is 0 Å². The predicted octanol–water partition coefficient (Wildman–Crippen LogP) is 2.91. The smallest absolute Gasteiger partial charge is 0.344 e. The van der Waals surface area contributed by atoms with E-state index in [1.165, 1.54) is 6.21 Å². The van der Waals surface area contributed by atoms with Crippen LogP contribution in [0.5, 0.6) is 11.5 Å². The average Bonchev–Trinajstić information content (AvgIpc) is 2.45. The molecule has 0 saturated carbocycles. The molecule has 0 bridgehead atoms. The summed E-state index contributed by atoms with van der Waals surface area (Å²) in [6, 6.07) is 16.6. The molecule has 0 saturated heterocycles. The number of benzene rings is 2. The maximum absolute atomic E-state index is 10.2. The minimum absolute atomic E-state index is 0.462. The lowest BCUT2D eigenvalue weighted by molar-refractivity contribution is -0.142. The van der Waals surface area contributed by atoms with Crippen LogP contribution in [0.3, 0.4) is 0 Å². The zero-order chi connectivity index (χ0) is 14.2. The second-order valence-corrected chi connectivity index (χ2v) is 3.89. The summed E-state index contributed by atoms with van der Waals surface area (Å²) >= 11 is 0. The lowest BCUT2D eigenvalue weighted by atomic mass is 10.2. The number of ether oxygens (including phenoxy) is 1. The highest BCUT2D eigenvalue weighted by atomic mass is 16.6. The first-order valence-corrected chi connectivity index (χ1v) is 5.94. The van der Waals surface area contributed by atoms with Crippen LogP contribution in [0, 0.1) is 0 Å². The number of carboxylic acid groups (broad SMARTS) is 1. The summed E-state index contributed by atoms with van der Waals surface area (Å²) in [5.41, 5.74) is 0.754. The minimum atomic E-state index is -1.07. The molecule has 0 fully saturated rings. The molecule has 0 unspecified atom stereocenters. The lowest BCUT2D eigenvalue weighted by Gasteiger charge is -2.05. The SMILES string of the molecule is O=C(O)CON=Cc1cccc(Oc2ccccc2)c1. The van der Waals surface area contributed by atoms with Gasteiger partial charge in [-0.3, -0.25) is 0 Å². The average molecular weight is 271 g/mol. The highest BCUT2D eigenvalue weighted by Gasteiger charge is 1.98. The van der Waals surface area contributed by atoms with E-state index in [-0.39, 0.29) is 0 Å². The molecule has 0 aliphatic carbocycles. The lowest BCUT2D eigenvalue weighted by Crippen LogP contribution is -2.03. The van der Waals surface area contributed by atoms with Crippen LogP contribution < -0.4 is 4.74 Å². The molecule has 0 aromatic heterocycles. The molecule has 0 amide bonds. The summed E-state index contributed by atoms with van der Waals surface area (Å²) < 4.78 is 5.67. The highest BCUT2D eigenvalue weighted by molar-refractivity contribution is 5.79. The number of hydrogen-bond donors (Lipinski definition) is 1. The number of para-hydroxylation sites is 1. The Morgan fingerprint density at radius 1 is 1.10 bits per heavy atom. The molecule has 2 aromatic carbocycles. The van der Waals surface area contributed by atoms with Gasteiger partial charge in [-0.1, -0.05) is 35.5 Å². The van der Waals surface area contributed by atoms with Crippen molar-refractivity contribution in [3.8, 4) is 11.5 Å². The van der Waals surface area contributed by atoms with Crippen LogP contribution in [0.15, 0.2) is 59.8 Å². The van der Waals surface area contributed by atoms with Crippen LogP contribution in [-0.4, -0.2) is 23.9 Å². The summed E-state index contributed by atoms with van der Waals surface area (Å²) in [6.45, 7) is -0.462. The van der Waals surface area contributed by atoms with Crippen LogP contribution in [0.4, 0.5) is 0 Å². The molecular formula is C15H13NO4. The van der Waals surface area contributed by atoms with Crippen molar-refractivity contribution in [1.82, 2.24) is 0 Å². The van der Waals surface area contributed by atoms with Gasteiger partial charge in [-0.25, -0.2) is 4.79 Å². The first-order valence-electron chi connectivity index (χ1n) is 5.94. The Labute approximate surface area is 116 Å². The van der Waals surface area contributed by atoms with Crippen LogP contribution in [-0.2, 0) is 9.63 Å². The van der Waals surface area contributed by atoms with E-state index in [1.807, 2.05) is 48.5 Å². The van der Waals surface area contributed by atoms with Crippen molar-refractivity contribution in [2.24, 2.45) is 5.16 Å². The fraction of sp³-hybridized carbons (Fsp3) is 0.0667. The molecular weight excluding hydrogens is 258 g/mol. The van der Waals surface area contributed by atoms with Gasteiger partial charge in [-0.05, 0) is 29.8 Å². The fourth-order valence-corrected chi connectivity index (χ4v) is 1.47. The maximum Gasteiger partial charge on any atom is 0.344 e.